The van der Waals surface area contributed by atoms with Gasteiger partial charge >= 0.3 is 5.97 Å². The largest absolute Gasteiger partial charge is 0.480 e. The molecule has 0 spiro atoms. The number of nitrogens with zero attached hydrogens (tertiary/aromatic N) is 2. The molecule has 1 aliphatic carbocycles. The van der Waals surface area contributed by atoms with E-state index in [1.54, 1.807) is 19.4 Å². The van der Waals surface area contributed by atoms with Crippen LogP contribution in [0.4, 0.5) is 0 Å². The van der Waals surface area contributed by atoms with Crippen molar-refractivity contribution in [2.45, 2.75) is 25.3 Å². The molecule has 96 valence electrons. The molecule has 1 aliphatic rings. The molecule has 0 aliphatic heterocycles. The zero-order chi connectivity index (χ0) is 13.3. The minimum absolute atomic E-state index is 0.0963. The van der Waals surface area contributed by atoms with Crippen LogP contribution in [0.1, 0.15) is 24.8 Å². The van der Waals surface area contributed by atoms with Crippen LogP contribution in [0.2, 0.25) is 0 Å². The first kappa shape index (κ1) is 12.5. The van der Waals surface area contributed by atoms with Crippen LogP contribution in [0.15, 0.2) is 24.5 Å². The van der Waals surface area contributed by atoms with Crippen molar-refractivity contribution >= 4 is 11.9 Å². The Bertz CT molecular complexity index is 461. The van der Waals surface area contributed by atoms with Crippen molar-refractivity contribution < 1.29 is 14.7 Å². The molecule has 5 heteroatoms. The zero-order valence-electron chi connectivity index (χ0n) is 10.4. The highest BCUT2D eigenvalue weighted by atomic mass is 16.4. The van der Waals surface area contributed by atoms with E-state index >= 15 is 0 Å². The average Bonchev–Trinajstić information content (AvgIpc) is 3.17. The van der Waals surface area contributed by atoms with E-state index in [-0.39, 0.29) is 17.7 Å². The smallest absolute Gasteiger partial charge is 0.326 e. The Kier molecular flexibility index (Phi) is 3.32. The molecule has 5 nitrogen and oxygen atoms in total. The van der Waals surface area contributed by atoms with Crippen LogP contribution < -0.4 is 0 Å². The van der Waals surface area contributed by atoms with E-state index in [4.69, 9.17) is 5.11 Å². The third-order valence-electron chi connectivity index (χ3n) is 3.51. The van der Waals surface area contributed by atoms with E-state index in [0.717, 1.165) is 12.0 Å². The Labute approximate surface area is 105 Å². The van der Waals surface area contributed by atoms with Gasteiger partial charge in [0, 0.05) is 25.4 Å². The van der Waals surface area contributed by atoms with Crippen LogP contribution in [0.5, 0.6) is 0 Å². The fourth-order valence-electron chi connectivity index (χ4n) is 2.05. The maximum absolute atomic E-state index is 12.1. The number of likely N-dealkylation sites (N-methyl/N-ethyl adjacent to an activating group) is 1. The summed E-state index contributed by atoms with van der Waals surface area (Å²) in [5.74, 6) is -0.987. The molecule has 0 saturated heterocycles. The van der Waals surface area contributed by atoms with Gasteiger partial charge < -0.3 is 10.0 Å². The Balaban J connectivity index is 1.99. The zero-order valence-corrected chi connectivity index (χ0v) is 10.4. The maximum Gasteiger partial charge on any atom is 0.326 e. The number of rotatable bonds is 4. The number of hydrogen-bond donors (Lipinski definition) is 1. The second-order valence-corrected chi connectivity index (χ2v) is 4.70. The predicted molar refractivity (Wildman–Crippen MR) is 65.0 cm³/mol. The van der Waals surface area contributed by atoms with Gasteiger partial charge in [-0.1, -0.05) is 6.07 Å². The summed E-state index contributed by atoms with van der Waals surface area (Å²) < 4.78 is 0. The van der Waals surface area contributed by atoms with E-state index in [0.29, 0.717) is 0 Å². The van der Waals surface area contributed by atoms with Gasteiger partial charge in [0.05, 0.1) is 0 Å². The molecule has 3 atom stereocenters. The molecule has 1 N–H and O–H groups in total. The summed E-state index contributed by atoms with van der Waals surface area (Å²) in [6.45, 7) is 1.52. The number of carboxylic acids is 1. The summed E-state index contributed by atoms with van der Waals surface area (Å²) >= 11 is 0. The molecular formula is C13H16N2O3. The van der Waals surface area contributed by atoms with Crippen molar-refractivity contribution in [1.29, 1.82) is 0 Å². The Morgan fingerprint density at radius 3 is 2.83 bits per heavy atom. The van der Waals surface area contributed by atoms with Gasteiger partial charge in [-0.2, -0.15) is 0 Å². The van der Waals surface area contributed by atoms with Crippen molar-refractivity contribution in [2.24, 2.45) is 5.92 Å². The number of carbonyl (C=O) groups excluding carboxylic acids is 1. The Hall–Kier alpha value is -1.91. The average molecular weight is 248 g/mol. The first-order valence-electron chi connectivity index (χ1n) is 5.91. The number of aromatic nitrogens is 1. The van der Waals surface area contributed by atoms with Gasteiger partial charge in [0.25, 0.3) is 0 Å². The number of amides is 1. The summed E-state index contributed by atoms with van der Waals surface area (Å²) in [5, 5.41) is 8.88. The molecule has 1 amide bonds. The number of carbonyl (C=O) groups is 2. The summed E-state index contributed by atoms with van der Waals surface area (Å²) in [4.78, 5) is 28.3. The molecule has 1 aromatic rings. The van der Waals surface area contributed by atoms with E-state index in [9.17, 15) is 9.59 Å². The number of carboxylic acid groups (broad SMARTS) is 1. The minimum Gasteiger partial charge on any atom is -0.480 e. The second kappa shape index (κ2) is 4.76. The van der Waals surface area contributed by atoms with Gasteiger partial charge in [0.2, 0.25) is 5.91 Å². The standard InChI is InChI=1S/C13H16N2O3/c1-8(13(17)18)15(2)12(16)11-6-10(11)9-4-3-5-14-7-9/h3-5,7-8,10-11H,6H2,1-2H3,(H,17,18)/t8-,10+,11-/m1/s1. The SMILES string of the molecule is C[C@H](C(=O)O)N(C)C(=O)[C@@H]1C[C@H]1c1cccnc1. The second-order valence-electron chi connectivity index (χ2n) is 4.70. The fraction of sp³-hybridized carbons (Fsp3) is 0.462. The quantitative estimate of drug-likeness (QED) is 0.866. The summed E-state index contributed by atoms with van der Waals surface area (Å²) in [6.07, 6.45) is 4.24. The summed E-state index contributed by atoms with van der Waals surface area (Å²) in [5.41, 5.74) is 1.05. The Morgan fingerprint density at radius 2 is 2.28 bits per heavy atom. The molecule has 1 saturated carbocycles. The molecule has 0 bridgehead atoms. The lowest BCUT2D eigenvalue weighted by atomic mass is 10.1. The van der Waals surface area contributed by atoms with Gasteiger partial charge in [-0.25, -0.2) is 4.79 Å². The number of hydrogen-bond acceptors (Lipinski definition) is 3. The first-order valence-corrected chi connectivity index (χ1v) is 5.91. The summed E-state index contributed by atoms with van der Waals surface area (Å²) in [6, 6.07) is 3.01. The summed E-state index contributed by atoms with van der Waals surface area (Å²) in [7, 11) is 1.54. The van der Waals surface area contributed by atoms with Crippen LogP contribution in [0, 0.1) is 5.92 Å². The van der Waals surface area contributed by atoms with Crippen molar-refractivity contribution in [3.8, 4) is 0 Å². The molecule has 1 aromatic heterocycles. The van der Waals surface area contributed by atoms with Crippen LogP contribution >= 0.6 is 0 Å². The molecule has 0 unspecified atom stereocenters. The van der Waals surface area contributed by atoms with Crippen molar-refractivity contribution in [3.05, 3.63) is 30.1 Å². The monoisotopic (exact) mass is 248 g/mol. The number of pyridine rings is 1. The number of aliphatic carboxylic acids is 1. The lowest BCUT2D eigenvalue weighted by molar-refractivity contribution is -0.148. The minimum atomic E-state index is -0.982. The fourth-order valence-corrected chi connectivity index (χ4v) is 2.05. The highest BCUT2D eigenvalue weighted by Crippen LogP contribution is 2.48. The highest BCUT2D eigenvalue weighted by molar-refractivity contribution is 5.87. The molecule has 1 fully saturated rings. The third kappa shape index (κ3) is 2.34. The van der Waals surface area contributed by atoms with Gasteiger partial charge in [-0.3, -0.25) is 9.78 Å². The molecular weight excluding hydrogens is 232 g/mol. The highest BCUT2D eigenvalue weighted by Gasteiger charge is 2.46. The van der Waals surface area contributed by atoms with E-state index in [1.165, 1.54) is 11.8 Å². The normalized spacial score (nSPS) is 23.2. The molecule has 18 heavy (non-hydrogen) atoms. The van der Waals surface area contributed by atoms with Crippen molar-refractivity contribution in [2.75, 3.05) is 7.05 Å². The van der Waals surface area contributed by atoms with Gasteiger partial charge in [-0.05, 0) is 30.9 Å². The van der Waals surface area contributed by atoms with Gasteiger partial charge in [0.1, 0.15) is 6.04 Å². The van der Waals surface area contributed by atoms with E-state index in [2.05, 4.69) is 4.98 Å². The van der Waals surface area contributed by atoms with Crippen LogP contribution in [0.3, 0.4) is 0 Å². The van der Waals surface area contributed by atoms with Gasteiger partial charge in [-0.15, -0.1) is 0 Å². The third-order valence-corrected chi connectivity index (χ3v) is 3.51. The van der Waals surface area contributed by atoms with E-state index in [1.807, 2.05) is 12.1 Å². The van der Waals surface area contributed by atoms with Crippen molar-refractivity contribution in [3.63, 3.8) is 0 Å². The first-order chi connectivity index (χ1) is 8.52. The molecule has 0 radical (unpaired) electrons. The van der Waals surface area contributed by atoms with Crippen LogP contribution in [-0.2, 0) is 9.59 Å². The lowest BCUT2D eigenvalue weighted by Gasteiger charge is -2.21. The Morgan fingerprint density at radius 1 is 1.56 bits per heavy atom. The maximum atomic E-state index is 12.1. The van der Waals surface area contributed by atoms with Crippen LogP contribution in [-0.4, -0.2) is 40.0 Å². The molecule has 1 heterocycles. The van der Waals surface area contributed by atoms with Crippen molar-refractivity contribution in [1.82, 2.24) is 9.88 Å². The van der Waals surface area contributed by atoms with Crippen LogP contribution in [0.25, 0.3) is 0 Å². The predicted octanol–water partition coefficient (Wildman–Crippen LogP) is 1.12. The van der Waals surface area contributed by atoms with Gasteiger partial charge in [0.15, 0.2) is 0 Å². The lowest BCUT2D eigenvalue weighted by Crippen LogP contribution is -2.41. The topological polar surface area (TPSA) is 70.5 Å². The van der Waals surface area contributed by atoms with E-state index < -0.39 is 12.0 Å². The molecule has 0 aromatic carbocycles. The molecule has 2 rings (SSSR count).